The number of hydrogen-bond acceptors (Lipinski definition) is 5. The number of ether oxygens (including phenoxy) is 3. The van der Waals surface area contributed by atoms with Crippen LogP contribution in [0.25, 0.3) is 0 Å². The summed E-state index contributed by atoms with van der Waals surface area (Å²) in [6.07, 6.45) is 0.560. The van der Waals surface area contributed by atoms with E-state index in [2.05, 4.69) is 0 Å². The number of benzene rings is 1. The molecule has 0 radical (unpaired) electrons. The van der Waals surface area contributed by atoms with Gasteiger partial charge in [0, 0.05) is 26.7 Å². The predicted octanol–water partition coefficient (Wildman–Crippen LogP) is 2.79. The minimum atomic E-state index is -0.504. The molecular formula is C20H28N2O5. The second kappa shape index (κ2) is 7.66. The summed E-state index contributed by atoms with van der Waals surface area (Å²) >= 11 is 0. The van der Waals surface area contributed by atoms with Gasteiger partial charge in [-0.15, -0.1) is 0 Å². The number of para-hydroxylation sites is 1. The quantitative estimate of drug-likeness (QED) is 0.811. The number of fused-ring (bicyclic) bond motifs is 1. The Bertz CT molecular complexity index is 713. The first-order valence-electron chi connectivity index (χ1n) is 9.36. The van der Waals surface area contributed by atoms with Gasteiger partial charge in [-0.25, -0.2) is 4.79 Å². The van der Waals surface area contributed by atoms with E-state index in [-0.39, 0.29) is 17.9 Å². The summed E-state index contributed by atoms with van der Waals surface area (Å²) in [6.45, 7) is 8.32. The van der Waals surface area contributed by atoms with Crippen LogP contribution in [0.4, 0.5) is 4.79 Å². The van der Waals surface area contributed by atoms with E-state index in [0.29, 0.717) is 49.9 Å². The van der Waals surface area contributed by atoms with Crippen LogP contribution >= 0.6 is 0 Å². The van der Waals surface area contributed by atoms with Gasteiger partial charge in [0.05, 0.1) is 5.56 Å². The molecule has 0 N–H and O–H groups in total. The number of likely N-dealkylation sites (tertiary alicyclic amines) is 1. The van der Waals surface area contributed by atoms with E-state index in [9.17, 15) is 9.59 Å². The molecule has 0 aliphatic carbocycles. The molecule has 0 spiro atoms. The van der Waals surface area contributed by atoms with Crippen LogP contribution < -0.4 is 9.47 Å². The maximum atomic E-state index is 12.9. The molecule has 1 unspecified atom stereocenters. The number of amides is 2. The second-order valence-corrected chi connectivity index (χ2v) is 8.10. The lowest BCUT2D eigenvalue weighted by Crippen LogP contribution is -2.37. The molecule has 2 amide bonds. The molecule has 3 rings (SSSR count). The van der Waals surface area contributed by atoms with Gasteiger partial charge >= 0.3 is 6.09 Å². The van der Waals surface area contributed by atoms with Crippen LogP contribution in [-0.2, 0) is 4.74 Å². The van der Waals surface area contributed by atoms with Crippen LogP contribution in [0.1, 0.15) is 37.6 Å². The van der Waals surface area contributed by atoms with Gasteiger partial charge in [0.1, 0.15) is 18.8 Å². The lowest BCUT2D eigenvalue weighted by atomic mass is 10.1. The Morgan fingerprint density at radius 3 is 2.74 bits per heavy atom. The van der Waals surface area contributed by atoms with E-state index in [1.807, 2.05) is 20.8 Å². The summed E-state index contributed by atoms with van der Waals surface area (Å²) in [5.41, 5.74) is 0.00726. The van der Waals surface area contributed by atoms with Gasteiger partial charge in [-0.1, -0.05) is 6.07 Å². The van der Waals surface area contributed by atoms with E-state index in [1.165, 1.54) is 0 Å². The van der Waals surface area contributed by atoms with Crippen molar-refractivity contribution in [3.63, 3.8) is 0 Å². The molecule has 1 fully saturated rings. The van der Waals surface area contributed by atoms with Gasteiger partial charge in [-0.05, 0) is 45.2 Å². The third-order valence-corrected chi connectivity index (χ3v) is 4.61. The Morgan fingerprint density at radius 1 is 1.26 bits per heavy atom. The van der Waals surface area contributed by atoms with Crippen LogP contribution in [0, 0.1) is 5.92 Å². The highest BCUT2D eigenvalue weighted by molar-refractivity contribution is 5.97. The van der Waals surface area contributed by atoms with Gasteiger partial charge in [0.25, 0.3) is 5.91 Å². The third kappa shape index (κ3) is 4.64. The molecule has 2 aliphatic heterocycles. The number of rotatable bonds is 3. The van der Waals surface area contributed by atoms with E-state index in [4.69, 9.17) is 14.2 Å². The molecule has 0 aromatic heterocycles. The number of carbonyl (C=O) groups excluding carboxylic acids is 2. The van der Waals surface area contributed by atoms with E-state index >= 15 is 0 Å². The summed E-state index contributed by atoms with van der Waals surface area (Å²) in [4.78, 5) is 28.5. The van der Waals surface area contributed by atoms with Gasteiger partial charge in [0.15, 0.2) is 11.5 Å². The fourth-order valence-corrected chi connectivity index (χ4v) is 3.39. The standard InChI is InChI=1S/C20H28N2O5/c1-20(2,3)27-19(24)22-9-8-14(13-22)12-21(4)18(23)15-6-5-7-16-17(15)26-11-10-25-16/h5-7,14H,8-13H2,1-4H3. The van der Waals surface area contributed by atoms with Gasteiger partial charge in [-0.3, -0.25) is 4.79 Å². The maximum Gasteiger partial charge on any atom is 0.410 e. The first-order chi connectivity index (χ1) is 12.7. The van der Waals surface area contributed by atoms with Crippen molar-refractivity contribution in [2.75, 3.05) is 39.9 Å². The summed E-state index contributed by atoms with van der Waals surface area (Å²) in [5.74, 6) is 1.25. The van der Waals surface area contributed by atoms with Crippen molar-refractivity contribution >= 4 is 12.0 Å². The Kier molecular flexibility index (Phi) is 5.48. The van der Waals surface area contributed by atoms with Crippen LogP contribution in [0.5, 0.6) is 11.5 Å². The average Bonchev–Trinajstić information content (AvgIpc) is 3.08. The molecule has 148 valence electrons. The molecule has 1 aromatic rings. The Hall–Kier alpha value is -2.44. The van der Waals surface area contributed by atoms with Crippen LogP contribution in [-0.4, -0.2) is 67.3 Å². The number of carbonyl (C=O) groups is 2. The van der Waals surface area contributed by atoms with E-state index in [0.717, 1.165) is 6.42 Å². The largest absolute Gasteiger partial charge is 0.486 e. The molecule has 7 heteroatoms. The minimum Gasteiger partial charge on any atom is -0.486 e. The van der Waals surface area contributed by atoms with Crippen molar-refractivity contribution in [2.45, 2.75) is 32.8 Å². The SMILES string of the molecule is CN(CC1CCN(C(=O)OC(C)(C)C)C1)C(=O)c1cccc2c1OCCO2. The van der Waals surface area contributed by atoms with Crippen molar-refractivity contribution < 1.29 is 23.8 Å². The minimum absolute atomic E-state index is 0.104. The monoisotopic (exact) mass is 376 g/mol. The van der Waals surface area contributed by atoms with Crippen LogP contribution in [0.15, 0.2) is 18.2 Å². The Balaban J connectivity index is 1.59. The molecule has 27 heavy (non-hydrogen) atoms. The molecular weight excluding hydrogens is 348 g/mol. The summed E-state index contributed by atoms with van der Waals surface area (Å²) in [6, 6.07) is 5.36. The lowest BCUT2D eigenvalue weighted by Gasteiger charge is -2.26. The highest BCUT2D eigenvalue weighted by atomic mass is 16.6. The highest BCUT2D eigenvalue weighted by Crippen LogP contribution is 2.34. The molecule has 2 heterocycles. The molecule has 1 saturated heterocycles. The van der Waals surface area contributed by atoms with E-state index < -0.39 is 5.60 Å². The zero-order valence-electron chi connectivity index (χ0n) is 16.5. The van der Waals surface area contributed by atoms with Crippen LogP contribution in [0.3, 0.4) is 0 Å². The van der Waals surface area contributed by atoms with Crippen molar-refractivity contribution in [1.29, 1.82) is 0 Å². The molecule has 0 saturated carbocycles. The van der Waals surface area contributed by atoms with Gasteiger partial charge < -0.3 is 24.0 Å². The van der Waals surface area contributed by atoms with Crippen LogP contribution in [0.2, 0.25) is 0 Å². The third-order valence-electron chi connectivity index (χ3n) is 4.61. The maximum absolute atomic E-state index is 12.9. The Morgan fingerprint density at radius 2 is 2.00 bits per heavy atom. The number of nitrogens with zero attached hydrogens (tertiary/aromatic N) is 2. The van der Waals surface area contributed by atoms with Crippen molar-refractivity contribution in [3.8, 4) is 11.5 Å². The average molecular weight is 376 g/mol. The van der Waals surface area contributed by atoms with Crippen molar-refractivity contribution in [2.24, 2.45) is 5.92 Å². The second-order valence-electron chi connectivity index (χ2n) is 8.10. The fraction of sp³-hybridized carbons (Fsp3) is 0.600. The summed E-state index contributed by atoms with van der Waals surface area (Å²) in [7, 11) is 1.78. The molecule has 0 bridgehead atoms. The normalized spacial score (nSPS) is 19.0. The summed E-state index contributed by atoms with van der Waals surface area (Å²) < 4.78 is 16.6. The molecule has 7 nitrogen and oxygen atoms in total. The first kappa shape index (κ1) is 19.3. The number of hydrogen-bond donors (Lipinski definition) is 0. The summed E-state index contributed by atoms with van der Waals surface area (Å²) in [5, 5.41) is 0. The first-order valence-corrected chi connectivity index (χ1v) is 9.36. The van der Waals surface area contributed by atoms with Crippen molar-refractivity contribution in [3.05, 3.63) is 23.8 Å². The zero-order valence-corrected chi connectivity index (χ0v) is 16.5. The van der Waals surface area contributed by atoms with Gasteiger partial charge in [-0.2, -0.15) is 0 Å². The zero-order chi connectivity index (χ0) is 19.6. The predicted molar refractivity (Wildman–Crippen MR) is 100 cm³/mol. The van der Waals surface area contributed by atoms with Crippen molar-refractivity contribution in [1.82, 2.24) is 9.80 Å². The highest BCUT2D eigenvalue weighted by Gasteiger charge is 2.31. The topological polar surface area (TPSA) is 68.3 Å². The fourth-order valence-electron chi connectivity index (χ4n) is 3.39. The lowest BCUT2D eigenvalue weighted by molar-refractivity contribution is 0.0286. The molecule has 1 aromatic carbocycles. The molecule has 1 atom stereocenters. The van der Waals surface area contributed by atoms with E-state index in [1.54, 1.807) is 35.0 Å². The smallest absolute Gasteiger partial charge is 0.410 e. The molecule has 2 aliphatic rings. The van der Waals surface area contributed by atoms with Gasteiger partial charge in [0.2, 0.25) is 0 Å². The Labute approximate surface area is 160 Å².